The highest BCUT2D eigenvalue weighted by molar-refractivity contribution is 5.89. The van der Waals surface area contributed by atoms with Crippen molar-refractivity contribution >= 4 is 11.7 Å². The third-order valence-corrected chi connectivity index (χ3v) is 4.22. The summed E-state index contributed by atoms with van der Waals surface area (Å²) in [4.78, 5) is 16.4. The van der Waals surface area contributed by atoms with E-state index >= 15 is 0 Å². The summed E-state index contributed by atoms with van der Waals surface area (Å²) < 4.78 is 28.9. The number of ether oxygens (including phenoxy) is 1. The molecule has 2 aromatic carbocycles. The van der Waals surface area contributed by atoms with Crippen LogP contribution in [0.2, 0.25) is 0 Å². The molecule has 2 amide bonds. The fourth-order valence-electron chi connectivity index (χ4n) is 2.90. The third kappa shape index (κ3) is 5.16. The molecule has 1 aliphatic heterocycles. The SMILES string of the molecule is O=C(Nc1cccc(OC(F)F)c1)N1CCN(Cc2ccccc2)CC1. The van der Waals surface area contributed by atoms with E-state index in [1.54, 1.807) is 17.0 Å². The number of nitrogens with one attached hydrogen (secondary N) is 1. The fourth-order valence-corrected chi connectivity index (χ4v) is 2.90. The number of hydrogen-bond acceptors (Lipinski definition) is 3. The fraction of sp³-hybridized carbons (Fsp3) is 0.316. The third-order valence-electron chi connectivity index (χ3n) is 4.22. The zero-order valence-electron chi connectivity index (χ0n) is 14.3. The van der Waals surface area contributed by atoms with E-state index in [1.807, 2.05) is 18.2 Å². The first-order chi connectivity index (χ1) is 12.6. The Morgan fingerprint density at radius 2 is 1.77 bits per heavy atom. The van der Waals surface area contributed by atoms with Gasteiger partial charge in [0.05, 0.1) is 0 Å². The number of benzene rings is 2. The molecular weight excluding hydrogens is 340 g/mol. The van der Waals surface area contributed by atoms with Crippen molar-refractivity contribution in [2.75, 3.05) is 31.5 Å². The van der Waals surface area contributed by atoms with E-state index in [1.165, 1.54) is 17.7 Å². The van der Waals surface area contributed by atoms with Gasteiger partial charge in [-0.2, -0.15) is 8.78 Å². The first kappa shape index (κ1) is 18.1. The van der Waals surface area contributed by atoms with Gasteiger partial charge in [-0.05, 0) is 17.7 Å². The molecule has 0 unspecified atom stereocenters. The van der Waals surface area contributed by atoms with Crippen LogP contribution in [-0.4, -0.2) is 48.6 Å². The molecule has 0 atom stereocenters. The van der Waals surface area contributed by atoms with Gasteiger partial charge in [0.25, 0.3) is 0 Å². The number of carbonyl (C=O) groups is 1. The van der Waals surface area contributed by atoms with Crippen molar-refractivity contribution in [2.24, 2.45) is 0 Å². The second-order valence-corrected chi connectivity index (χ2v) is 6.09. The summed E-state index contributed by atoms with van der Waals surface area (Å²) in [6, 6.07) is 16.0. The van der Waals surface area contributed by atoms with Gasteiger partial charge in [-0.25, -0.2) is 4.79 Å². The van der Waals surface area contributed by atoms with Crippen LogP contribution in [0.5, 0.6) is 5.75 Å². The Hall–Kier alpha value is -2.67. The molecule has 1 heterocycles. The highest BCUT2D eigenvalue weighted by atomic mass is 19.3. The Balaban J connectivity index is 1.49. The number of piperazine rings is 1. The largest absolute Gasteiger partial charge is 0.435 e. The summed E-state index contributed by atoms with van der Waals surface area (Å²) in [6.07, 6.45) is 0. The van der Waals surface area contributed by atoms with Gasteiger partial charge in [-0.1, -0.05) is 36.4 Å². The van der Waals surface area contributed by atoms with Gasteiger partial charge >= 0.3 is 12.6 Å². The van der Waals surface area contributed by atoms with Crippen molar-refractivity contribution in [2.45, 2.75) is 13.2 Å². The number of amides is 2. The summed E-state index contributed by atoms with van der Waals surface area (Å²) in [6.45, 7) is 0.785. The molecule has 0 aliphatic carbocycles. The number of alkyl halides is 2. The molecule has 0 saturated carbocycles. The Labute approximate surface area is 151 Å². The number of hydrogen-bond donors (Lipinski definition) is 1. The smallest absolute Gasteiger partial charge is 0.387 e. The molecule has 0 bridgehead atoms. The second kappa shape index (κ2) is 8.62. The van der Waals surface area contributed by atoms with Crippen LogP contribution in [0.4, 0.5) is 19.3 Å². The van der Waals surface area contributed by atoms with Gasteiger partial charge in [-0.15, -0.1) is 0 Å². The lowest BCUT2D eigenvalue weighted by Crippen LogP contribution is -2.49. The van der Waals surface area contributed by atoms with Crippen LogP contribution in [0.1, 0.15) is 5.56 Å². The number of carbonyl (C=O) groups excluding carboxylic acids is 1. The molecule has 0 spiro atoms. The lowest BCUT2D eigenvalue weighted by Gasteiger charge is -2.34. The molecular formula is C19H21F2N3O2. The summed E-state index contributed by atoms with van der Waals surface area (Å²) in [5.41, 5.74) is 1.68. The summed E-state index contributed by atoms with van der Waals surface area (Å²) in [5, 5.41) is 2.73. The highest BCUT2D eigenvalue weighted by Crippen LogP contribution is 2.20. The lowest BCUT2D eigenvalue weighted by atomic mass is 10.2. The quantitative estimate of drug-likeness (QED) is 0.884. The Morgan fingerprint density at radius 3 is 2.46 bits per heavy atom. The maximum absolute atomic E-state index is 12.4. The minimum absolute atomic E-state index is 0.0190. The average molecular weight is 361 g/mol. The predicted octanol–water partition coefficient (Wildman–Crippen LogP) is 3.64. The first-order valence-corrected chi connectivity index (χ1v) is 8.47. The molecule has 0 radical (unpaired) electrons. The van der Waals surface area contributed by atoms with Crippen LogP contribution < -0.4 is 10.1 Å². The van der Waals surface area contributed by atoms with E-state index in [0.29, 0.717) is 18.8 Å². The molecule has 26 heavy (non-hydrogen) atoms. The van der Waals surface area contributed by atoms with Crippen LogP contribution in [0.15, 0.2) is 54.6 Å². The highest BCUT2D eigenvalue weighted by Gasteiger charge is 2.21. The molecule has 1 N–H and O–H groups in total. The number of anilines is 1. The molecule has 1 aliphatic rings. The maximum Gasteiger partial charge on any atom is 0.387 e. The van der Waals surface area contributed by atoms with Crippen molar-refractivity contribution in [3.8, 4) is 5.75 Å². The van der Waals surface area contributed by atoms with Crippen molar-refractivity contribution < 1.29 is 18.3 Å². The van der Waals surface area contributed by atoms with Crippen LogP contribution in [-0.2, 0) is 6.54 Å². The molecule has 3 rings (SSSR count). The molecule has 7 heteroatoms. The van der Waals surface area contributed by atoms with Crippen LogP contribution in [0.3, 0.4) is 0 Å². The Morgan fingerprint density at radius 1 is 1.04 bits per heavy atom. The van der Waals surface area contributed by atoms with Crippen LogP contribution in [0, 0.1) is 0 Å². The van der Waals surface area contributed by atoms with Gasteiger partial charge < -0.3 is 15.0 Å². The first-order valence-electron chi connectivity index (χ1n) is 8.47. The van der Waals surface area contributed by atoms with E-state index < -0.39 is 6.61 Å². The number of rotatable bonds is 5. The Bertz CT molecular complexity index is 720. The predicted molar refractivity (Wildman–Crippen MR) is 95.4 cm³/mol. The molecule has 2 aromatic rings. The second-order valence-electron chi connectivity index (χ2n) is 6.09. The summed E-state index contributed by atoms with van der Waals surface area (Å²) >= 11 is 0. The normalized spacial score (nSPS) is 15.1. The van der Waals surface area contributed by atoms with Crippen molar-refractivity contribution in [3.63, 3.8) is 0 Å². The van der Waals surface area contributed by atoms with Crippen molar-refractivity contribution in [1.29, 1.82) is 0 Å². The van der Waals surface area contributed by atoms with Crippen molar-refractivity contribution in [3.05, 3.63) is 60.2 Å². The minimum Gasteiger partial charge on any atom is -0.435 e. The molecule has 0 aromatic heterocycles. The summed E-state index contributed by atoms with van der Waals surface area (Å²) in [7, 11) is 0. The molecule has 138 valence electrons. The van der Waals surface area contributed by atoms with Gasteiger partial charge in [0.15, 0.2) is 0 Å². The Kier molecular flexibility index (Phi) is 6.01. The summed E-state index contributed by atoms with van der Waals surface area (Å²) in [5.74, 6) is 0.0190. The zero-order valence-corrected chi connectivity index (χ0v) is 14.3. The molecule has 5 nitrogen and oxygen atoms in total. The standard InChI is InChI=1S/C19H21F2N3O2/c20-18(21)26-17-8-4-7-16(13-17)22-19(25)24-11-9-23(10-12-24)14-15-5-2-1-3-6-15/h1-8,13,18H,9-12,14H2,(H,22,25). The van der Waals surface area contributed by atoms with Crippen LogP contribution in [0.25, 0.3) is 0 Å². The number of nitrogens with zero attached hydrogens (tertiary/aromatic N) is 2. The monoisotopic (exact) mass is 361 g/mol. The van der Waals surface area contributed by atoms with E-state index in [9.17, 15) is 13.6 Å². The topological polar surface area (TPSA) is 44.8 Å². The van der Waals surface area contributed by atoms with Gasteiger partial charge in [-0.3, -0.25) is 4.90 Å². The lowest BCUT2D eigenvalue weighted by molar-refractivity contribution is -0.0497. The van der Waals surface area contributed by atoms with Gasteiger partial charge in [0.2, 0.25) is 0 Å². The van der Waals surface area contributed by atoms with Crippen molar-refractivity contribution in [1.82, 2.24) is 9.80 Å². The zero-order chi connectivity index (χ0) is 18.4. The molecule has 1 fully saturated rings. The number of urea groups is 1. The van der Waals surface area contributed by atoms with E-state index in [0.717, 1.165) is 19.6 Å². The average Bonchev–Trinajstić information content (AvgIpc) is 2.63. The minimum atomic E-state index is -2.89. The molecule has 1 saturated heterocycles. The van der Waals surface area contributed by atoms with E-state index in [4.69, 9.17) is 0 Å². The number of halogens is 2. The van der Waals surface area contributed by atoms with Crippen LogP contribution >= 0.6 is 0 Å². The van der Waals surface area contributed by atoms with Gasteiger partial charge in [0, 0.05) is 44.5 Å². The van der Waals surface area contributed by atoms with E-state index in [2.05, 4.69) is 27.1 Å². The van der Waals surface area contributed by atoms with Gasteiger partial charge in [0.1, 0.15) is 5.75 Å². The van der Waals surface area contributed by atoms with E-state index in [-0.39, 0.29) is 11.8 Å². The maximum atomic E-state index is 12.4.